The lowest BCUT2D eigenvalue weighted by Crippen LogP contribution is -2.35. The van der Waals surface area contributed by atoms with Crippen LogP contribution >= 0.6 is 0 Å². The van der Waals surface area contributed by atoms with Crippen LogP contribution in [0.2, 0.25) is 0 Å². The number of carbonyl (C=O) groups is 1. The Bertz CT molecular complexity index is 349. The zero-order chi connectivity index (χ0) is 12.1. The Morgan fingerprint density at radius 3 is 3.12 bits per heavy atom. The molecule has 5 nitrogen and oxygen atoms in total. The molecule has 1 fully saturated rings. The number of hydrogen-bond donors (Lipinski definition) is 3. The van der Waals surface area contributed by atoms with E-state index in [2.05, 4.69) is 27.5 Å². The van der Waals surface area contributed by atoms with Gasteiger partial charge in [0.1, 0.15) is 5.82 Å². The van der Waals surface area contributed by atoms with Crippen LogP contribution in [0.25, 0.3) is 0 Å². The van der Waals surface area contributed by atoms with Gasteiger partial charge in [-0.2, -0.15) is 0 Å². The second-order valence-corrected chi connectivity index (χ2v) is 4.67. The smallest absolute Gasteiger partial charge is 0.224 e. The average molecular weight is 236 g/mol. The van der Waals surface area contributed by atoms with E-state index >= 15 is 0 Å². The van der Waals surface area contributed by atoms with Crippen LogP contribution in [0.5, 0.6) is 0 Å². The fourth-order valence-corrected chi connectivity index (χ4v) is 2.19. The number of nitrogens with one attached hydrogen (secondary N) is 3. The first-order chi connectivity index (χ1) is 8.27. The lowest BCUT2D eigenvalue weighted by atomic mass is 9.97. The second-order valence-electron chi connectivity index (χ2n) is 4.67. The fourth-order valence-electron chi connectivity index (χ4n) is 2.19. The van der Waals surface area contributed by atoms with E-state index in [1.807, 2.05) is 6.20 Å². The van der Waals surface area contributed by atoms with Crippen LogP contribution in [0.15, 0.2) is 12.4 Å². The first kappa shape index (κ1) is 12.1. The molecule has 0 spiro atoms. The normalized spacial score (nSPS) is 23.8. The number of H-pyrrole nitrogens is 1. The van der Waals surface area contributed by atoms with Gasteiger partial charge in [0, 0.05) is 31.9 Å². The van der Waals surface area contributed by atoms with Crippen molar-refractivity contribution in [3.63, 3.8) is 0 Å². The molecular weight excluding hydrogens is 216 g/mol. The SMILES string of the molecule is C[C@@H]1CNC[C@H]1C(=O)NCCCc1ncc[nH]1. The number of aromatic nitrogens is 2. The summed E-state index contributed by atoms with van der Waals surface area (Å²) < 4.78 is 0. The molecule has 94 valence electrons. The number of imidazole rings is 1. The van der Waals surface area contributed by atoms with E-state index in [4.69, 9.17) is 0 Å². The maximum Gasteiger partial charge on any atom is 0.224 e. The average Bonchev–Trinajstić information content (AvgIpc) is 2.95. The monoisotopic (exact) mass is 236 g/mol. The molecular formula is C12H20N4O. The molecule has 5 heteroatoms. The number of rotatable bonds is 5. The van der Waals surface area contributed by atoms with Crippen LogP contribution < -0.4 is 10.6 Å². The summed E-state index contributed by atoms with van der Waals surface area (Å²) >= 11 is 0. The minimum absolute atomic E-state index is 0.138. The lowest BCUT2D eigenvalue weighted by molar-refractivity contribution is -0.125. The van der Waals surface area contributed by atoms with Crippen molar-refractivity contribution in [2.45, 2.75) is 19.8 Å². The zero-order valence-electron chi connectivity index (χ0n) is 10.2. The third-order valence-electron chi connectivity index (χ3n) is 3.30. The Hall–Kier alpha value is -1.36. The molecule has 1 aromatic rings. The van der Waals surface area contributed by atoms with E-state index in [0.29, 0.717) is 5.92 Å². The maximum atomic E-state index is 11.8. The van der Waals surface area contributed by atoms with E-state index in [0.717, 1.165) is 38.3 Å². The molecule has 0 aromatic carbocycles. The lowest BCUT2D eigenvalue weighted by Gasteiger charge is -2.13. The van der Waals surface area contributed by atoms with Gasteiger partial charge in [0.25, 0.3) is 0 Å². The summed E-state index contributed by atoms with van der Waals surface area (Å²) in [5.41, 5.74) is 0. The van der Waals surface area contributed by atoms with Crippen molar-refractivity contribution < 1.29 is 4.79 Å². The number of aromatic amines is 1. The first-order valence-electron chi connectivity index (χ1n) is 6.24. The van der Waals surface area contributed by atoms with Crippen LogP contribution in [0, 0.1) is 11.8 Å². The van der Waals surface area contributed by atoms with Crippen molar-refractivity contribution in [2.24, 2.45) is 11.8 Å². The Morgan fingerprint density at radius 1 is 1.59 bits per heavy atom. The van der Waals surface area contributed by atoms with E-state index in [1.54, 1.807) is 6.20 Å². The van der Waals surface area contributed by atoms with Crippen molar-refractivity contribution in [1.82, 2.24) is 20.6 Å². The summed E-state index contributed by atoms with van der Waals surface area (Å²) in [6, 6.07) is 0. The standard InChI is InChI=1S/C12H20N4O/c1-9-7-13-8-10(9)12(17)16-4-2-3-11-14-5-6-15-11/h5-6,9-10,13H,2-4,7-8H2,1H3,(H,14,15)(H,16,17)/t9-,10-/m1/s1. The van der Waals surface area contributed by atoms with E-state index in [9.17, 15) is 4.79 Å². The molecule has 3 N–H and O–H groups in total. The molecule has 0 bridgehead atoms. The minimum Gasteiger partial charge on any atom is -0.356 e. The highest BCUT2D eigenvalue weighted by Crippen LogP contribution is 2.15. The number of hydrogen-bond acceptors (Lipinski definition) is 3. The summed E-state index contributed by atoms with van der Waals surface area (Å²) in [4.78, 5) is 19.0. The van der Waals surface area contributed by atoms with Gasteiger partial charge in [-0.05, 0) is 18.9 Å². The second kappa shape index (κ2) is 5.82. The van der Waals surface area contributed by atoms with Crippen molar-refractivity contribution in [2.75, 3.05) is 19.6 Å². The largest absolute Gasteiger partial charge is 0.356 e. The van der Waals surface area contributed by atoms with Gasteiger partial charge in [0.15, 0.2) is 0 Å². The quantitative estimate of drug-likeness (QED) is 0.645. The maximum absolute atomic E-state index is 11.8. The van der Waals surface area contributed by atoms with Crippen molar-refractivity contribution in [3.05, 3.63) is 18.2 Å². The van der Waals surface area contributed by atoms with Crippen molar-refractivity contribution >= 4 is 5.91 Å². The molecule has 2 heterocycles. The molecule has 0 radical (unpaired) electrons. The predicted molar refractivity (Wildman–Crippen MR) is 65.4 cm³/mol. The summed E-state index contributed by atoms with van der Waals surface area (Å²) in [5, 5.41) is 6.24. The number of carbonyl (C=O) groups excluding carboxylic acids is 1. The molecule has 1 saturated heterocycles. The summed E-state index contributed by atoms with van der Waals surface area (Å²) in [7, 11) is 0. The number of aryl methyl sites for hydroxylation is 1. The highest BCUT2D eigenvalue weighted by Gasteiger charge is 2.28. The molecule has 1 aliphatic heterocycles. The van der Waals surface area contributed by atoms with Crippen LogP contribution in [0.3, 0.4) is 0 Å². The van der Waals surface area contributed by atoms with Crippen LogP contribution in [0.4, 0.5) is 0 Å². The Kier molecular flexibility index (Phi) is 4.14. The molecule has 0 unspecified atom stereocenters. The third kappa shape index (κ3) is 3.30. The van der Waals surface area contributed by atoms with Gasteiger partial charge < -0.3 is 15.6 Å². The summed E-state index contributed by atoms with van der Waals surface area (Å²) in [6.45, 7) is 4.60. The summed E-state index contributed by atoms with van der Waals surface area (Å²) in [5.74, 6) is 1.75. The molecule has 17 heavy (non-hydrogen) atoms. The Morgan fingerprint density at radius 2 is 2.47 bits per heavy atom. The molecule has 1 aliphatic rings. The van der Waals surface area contributed by atoms with Crippen molar-refractivity contribution in [3.8, 4) is 0 Å². The predicted octanol–water partition coefficient (Wildman–Crippen LogP) is 0.314. The zero-order valence-corrected chi connectivity index (χ0v) is 10.2. The van der Waals surface area contributed by atoms with Gasteiger partial charge in [-0.25, -0.2) is 4.98 Å². The summed E-state index contributed by atoms with van der Waals surface area (Å²) in [6.07, 6.45) is 5.37. The van der Waals surface area contributed by atoms with E-state index in [1.165, 1.54) is 0 Å². The van der Waals surface area contributed by atoms with E-state index in [-0.39, 0.29) is 11.8 Å². The molecule has 1 aromatic heterocycles. The highest BCUT2D eigenvalue weighted by molar-refractivity contribution is 5.79. The van der Waals surface area contributed by atoms with Gasteiger partial charge in [-0.1, -0.05) is 6.92 Å². The van der Waals surface area contributed by atoms with Crippen LogP contribution in [-0.2, 0) is 11.2 Å². The molecule has 2 atom stereocenters. The van der Waals surface area contributed by atoms with Crippen LogP contribution in [-0.4, -0.2) is 35.5 Å². The molecule has 1 amide bonds. The third-order valence-corrected chi connectivity index (χ3v) is 3.30. The molecule has 0 saturated carbocycles. The Labute approximate surface area is 101 Å². The van der Waals surface area contributed by atoms with Gasteiger partial charge >= 0.3 is 0 Å². The van der Waals surface area contributed by atoms with Crippen LogP contribution in [0.1, 0.15) is 19.2 Å². The first-order valence-corrected chi connectivity index (χ1v) is 6.24. The highest BCUT2D eigenvalue weighted by atomic mass is 16.1. The molecule has 0 aliphatic carbocycles. The van der Waals surface area contributed by atoms with Gasteiger partial charge in [-0.15, -0.1) is 0 Å². The molecule has 2 rings (SSSR count). The van der Waals surface area contributed by atoms with Crippen molar-refractivity contribution in [1.29, 1.82) is 0 Å². The van der Waals surface area contributed by atoms with Gasteiger partial charge in [0.2, 0.25) is 5.91 Å². The number of amides is 1. The van der Waals surface area contributed by atoms with Gasteiger partial charge in [-0.3, -0.25) is 4.79 Å². The van der Waals surface area contributed by atoms with Gasteiger partial charge in [0.05, 0.1) is 5.92 Å². The Balaban J connectivity index is 1.63. The van der Waals surface area contributed by atoms with E-state index < -0.39 is 0 Å². The number of nitrogens with zero attached hydrogens (tertiary/aromatic N) is 1. The minimum atomic E-state index is 0.138. The topological polar surface area (TPSA) is 69.8 Å². The fraction of sp³-hybridized carbons (Fsp3) is 0.667.